The van der Waals surface area contributed by atoms with Gasteiger partial charge >= 0.3 is 0 Å². The predicted molar refractivity (Wildman–Crippen MR) is 120 cm³/mol. The molecule has 0 N–H and O–H groups in total. The first-order valence-electron chi connectivity index (χ1n) is 10.4. The molecule has 2 aromatic rings. The average molecular weight is 412 g/mol. The molecule has 1 unspecified atom stereocenters. The van der Waals surface area contributed by atoms with Crippen molar-refractivity contribution in [3.63, 3.8) is 0 Å². The van der Waals surface area contributed by atoms with Gasteiger partial charge in [0, 0.05) is 62.0 Å². The number of rotatable bonds is 5. The maximum Gasteiger partial charge on any atom is 0.246 e. The number of likely N-dealkylation sites (tertiary alicyclic amines) is 1. The Morgan fingerprint density at radius 2 is 1.90 bits per heavy atom. The topological polar surface area (TPSA) is 36.0 Å². The van der Waals surface area contributed by atoms with Crippen LogP contribution in [0, 0.1) is 0 Å². The third-order valence-corrected chi connectivity index (χ3v) is 6.75. The first-order chi connectivity index (χ1) is 14.2. The summed E-state index contributed by atoms with van der Waals surface area (Å²) in [6.07, 6.45) is 5.93. The van der Waals surface area contributed by atoms with Crippen LogP contribution in [0.4, 0.5) is 5.69 Å². The van der Waals surface area contributed by atoms with Crippen LogP contribution in [0.25, 0.3) is 6.08 Å². The Balaban J connectivity index is 1.29. The van der Waals surface area contributed by atoms with Crippen molar-refractivity contribution < 1.29 is 9.53 Å². The molecule has 2 aliphatic rings. The Labute approximate surface area is 177 Å². The highest BCUT2D eigenvalue weighted by Crippen LogP contribution is 2.23. The standard InChI is InChI=1S/C23H29N3O2S/c1-28-21-8-6-19(7-9-21)24-13-15-25(16-14-24)20-4-2-12-26(18-20)23(27)11-10-22-5-3-17-29-22/h3,5-11,17,20H,2,4,12-16,18H2,1H3. The lowest BCUT2D eigenvalue weighted by Crippen LogP contribution is -2.55. The first kappa shape index (κ1) is 20.0. The van der Waals surface area contributed by atoms with E-state index in [1.54, 1.807) is 24.5 Å². The molecule has 0 saturated carbocycles. The minimum Gasteiger partial charge on any atom is -0.497 e. The lowest BCUT2D eigenvalue weighted by atomic mass is 10.0. The second-order valence-corrected chi connectivity index (χ2v) is 8.63. The third-order valence-electron chi connectivity index (χ3n) is 5.91. The lowest BCUT2D eigenvalue weighted by molar-refractivity contribution is -0.128. The van der Waals surface area contributed by atoms with Gasteiger partial charge in [-0.25, -0.2) is 0 Å². The third kappa shape index (κ3) is 5.00. The van der Waals surface area contributed by atoms with Crippen molar-refractivity contribution in [3.05, 3.63) is 52.7 Å². The lowest BCUT2D eigenvalue weighted by Gasteiger charge is -2.43. The fourth-order valence-electron chi connectivity index (χ4n) is 4.24. The van der Waals surface area contributed by atoms with Crippen LogP contribution in [0.3, 0.4) is 0 Å². The quantitative estimate of drug-likeness (QED) is 0.705. The van der Waals surface area contributed by atoms with Gasteiger partial charge in [0.2, 0.25) is 5.91 Å². The SMILES string of the molecule is COc1ccc(N2CCN(C3CCCN(C(=O)C=Cc4cccs4)C3)CC2)cc1. The summed E-state index contributed by atoms with van der Waals surface area (Å²) in [5.41, 5.74) is 1.25. The minimum atomic E-state index is 0.139. The number of carbonyl (C=O) groups excluding carboxylic acids is 1. The van der Waals surface area contributed by atoms with E-state index in [1.165, 1.54) is 12.1 Å². The van der Waals surface area contributed by atoms with Gasteiger partial charge in [0.1, 0.15) is 5.75 Å². The number of amides is 1. The zero-order valence-corrected chi connectivity index (χ0v) is 17.8. The van der Waals surface area contributed by atoms with E-state index in [0.29, 0.717) is 6.04 Å². The highest BCUT2D eigenvalue weighted by atomic mass is 32.1. The van der Waals surface area contributed by atoms with E-state index >= 15 is 0 Å². The van der Waals surface area contributed by atoms with Crippen molar-refractivity contribution in [2.45, 2.75) is 18.9 Å². The van der Waals surface area contributed by atoms with Gasteiger partial charge in [0.05, 0.1) is 7.11 Å². The number of anilines is 1. The van der Waals surface area contributed by atoms with Gasteiger partial charge in [0.15, 0.2) is 0 Å². The molecule has 6 heteroatoms. The number of methoxy groups -OCH3 is 1. The first-order valence-corrected chi connectivity index (χ1v) is 11.2. The summed E-state index contributed by atoms with van der Waals surface area (Å²) in [5, 5.41) is 2.03. The molecule has 1 aromatic heterocycles. The van der Waals surface area contributed by atoms with E-state index in [1.807, 2.05) is 40.6 Å². The number of thiophene rings is 1. The van der Waals surface area contributed by atoms with E-state index in [0.717, 1.165) is 56.3 Å². The van der Waals surface area contributed by atoms with Crippen LogP contribution in [0.1, 0.15) is 17.7 Å². The molecule has 1 atom stereocenters. The molecule has 4 rings (SSSR count). The smallest absolute Gasteiger partial charge is 0.246 e. The summed E-state index contributed by atoms with van der Waals surface area (Å²) in [5.74, 6) is 1.03. The number of benzene rings is 1. The van der Waals surface area contributed by atoms with Gasteiger partial charge in [-0.15, -0.1) is 11.3 Å². The van der Waals surface area contributed by atoms with E-state index in [9.17, 15) is 4.79 Å². The molecule has 0 radical (unpaired) electrons. The second-order valence-electron chi connectivity index (χ2n) is 7.65. The minimum absolute atomic E-state index is 0.139. The molecular weight excluding hydrogens is 382 g/mol. The fourth-order valence-corrected chi connectivity index (χ4v) is 4.85. The van der Waals surface area contributed by atoms with Gasteiger partial charge in [-0.3, -0.25) is 9.69 Å². The van der Waals surface area contributed by atoms with E-state index in [2.05, 4.69) is 21.9 Å². The summed E-state index contributed by atoms with van der Waals surface area (Å²) >= 11 is 1.66. The van der Waals surface area contributed by atoms with Crippen molar-refractivity contribution in [1.29, 1.82) is 0 Å². The zero-order valence-electron chi connectivity index (χ0n) is 17.0. The largest absolute Gasteiger partial charge is 0.497 e. The molecule has 5 nitrogen and oxygen atoms in total. The monoisotopic (exact) mass is 411 g/mol. The number of ether oxygens (including phenoxy) is 1. The van der Waals surface area contributed by atoms with Gasteiger partial charge in [-0.05, 0) is 54.6 Å². The number of nitrogens with zero attached hydrogens (tertiary/aromatic N) is 3. The van der Waals surface area contributed by atoms with Crippen molar-refractivity contribution in [2.24, 2.45) is 0 Å². The Bertz CT molecular complexity index is 811. The summed E-state index contributed by atoms with van der Waals surface area (Å²) in [6.45, 7) is 5.85. The van der Waals surface area contributed by atoms with Crippen molar-refractivity contribution in [3.8, 4) is 5.75 Å². The van der Waals surface area contributed by atoms with Gasteiger partial charge in [-0.1, -0.05) is 6.07 Å². The van der Waals surface area contributed by atoms with Crippen LogP contribution >= 0.6 is 11.3 Å². The molecular formula is C23H29N3O2S. The summed E-state index contributed by atoms with van der Waals surface area (Å²) in [7, 11) is 1.70. The molecule has 1 aromatic carbocycles. The Kier molecular flexibility index (Phi) is 6.52. The molecule has 154 valence electrons. The van der Waals surface area contributed by atoms with E-state index in [4.69, 9.17) is 4.74 Å². The van der Waals surface area contributed by atoms with E-state index < -0.39 is 0 Å². The number of hydrogen-bond donors (Lipinski definition) is 0. The molecule has 1 amide bonds. The molecule has 0 bridgehead atoms. The number of piperidine rings is 1. The number of piperazine rings is 1. The maximum atomic E-state index is 12.6. The normalized spacial score (nSPS) is 20.9. The fraction of sp³-hybridized carbons (Fsp3) is 0.435. The molecule has 2 aliphatic heterocycles. The highest BCUT2D eigenvalue weighted by molar-refractivity contribution is 7.10. The highest BCUT2D eigenvalue weighted by Gasteiger charge is 2.29. The van der Waals surface area contributed by atoms with Crippen molar-refractivity contribution >= 4 is 29.0 Å². The van der Waals surface area contributed by atoms with Gasteiger partial charge < -0.3 is 14.5 Å². The van der Waals surface area contributed by atoms with Crippen LogP contribution in [-0.4, -0.2) is 68.1 Å². The molecule has 2 saturated heterocycles. The summed E-state index contributed by atoms with van der Waals surface area (Å²) in [4.78, 5) is 20.8. The number of carbonyl (C=O) groups is 1. The van der Waals surface area contributed by atoms with Gasteiger partial charge in [-0.2, -0.15) is 0 Å². The predicted octanol–water partition coefficient (Wildman–Crippen LogP) is 3.58. The average Bonchev–Trinajstić information content (AvgIpc) is 3.31. The van der Waals surface area contributed by atoms with Crippen LogP contribution in [0.5, 0.6) is 5.75 Å². The van der Waals surface area contributed by atoms with Crippen LogP contribution in [0.15, 0.2) is 47.9 Å². The van der Waals surface area contributed by atoms with Crippen molar-refractivity contribution in [2.75, 3.05) is 51.3 Å². The molecule has 29 heavy (non-hydrogen) atoms. The van der Waals surface area contributed by atoms with Crippen LogP contribution in [-0.2, 0) is 4.79 Å². The van der Waals surface area contributed by atoms with Gasteiger partial charge in [0.25, 0.3) is 0 Å². The zero-order chi connectivity index (χ0) is 20.1. The Hall–Kier alpha value is -2.31. The summed E-state index contributed by atoms with van der Waals surface area (Å²) < 4.78 is 5.26. The van der Waals surface area contributed by atoms with Crippen molar-refractivity contribution in [1.82, 2.24) is 9.80 Å². The molecule has 2 fully saturated rings. The molecule has 3 heterocycles. The van der Waals surface area contributed by atoms with Crippen LogP contribution in [0.2, 0.25) is 0 Å². The van der Waals surface area contributed by atoms with Crippen LogP contribution < -0.4 is 9.64 Å². The second kappa shape index (κ2) is 9.46. The molecule has 0 aliphatic carbocycles. The number of hydrogen-bond acceptors (Lipinski definition) is 5. The Morgan fingerprint density at radius 1 is 1.10 bits per heavy atom. The maximum absolute atomic E-state index is 12.6. The van der Waals surface area contributed by atoms with E-state index in [-0.39, 0.29) is 5.91 Å². The Morgan fingerprint density at radius 3 is 2.59 bits per heavy atom. The molecule has 0 spiro atoms. The summed E-state index contributed by atoms with van der Waals surface area (Å²) in [6, 6.07) is 12.8.